The molecule has 1 aliphatic rings. The van der Waals surface area contributed by atoms with Gasteiger partial charge >= 0.3 is 11.8 Å². The van der Waals surface area contributed by atoms with Crippen molar-refractivity contribution in [1.82, 2.24) is 25.1 Å². The molecule has 0 radical (unpaired) electrons. The fourth-order valence-corrected chi connectivity index (χ4v) is 4.38. The number of nitrogens with two attached hydrogens (primary N) is 1. The lowest BCUT2D eigenvalue weighted by Gasteiger charge is -2.38. The van der Waals surface area contributed by atoms with Crippen molar-refractivity contribution in [3.8, 4) is 0 Å². The van der Waals surface area contributed by atoms with Crippen LogP contribution in [0.3, 0.4) is 0 Å². The summed E-state index contributed by atoms with van der Waals surface area (Å²) < 4.78 is 0. The summed E-state index contributed by atoms with van der Waals surface area (Å²) in [7, 11) is 0. The van der Waals surface area contributed by atoms with Gasteiger partial charge in [0.15, 0.2) is 0 Å². The summed E-state index contributed by atoms with van der Waals surface area (Å²) in [6, 6.07) is 9.72. The number of carbonyl (C=O) groups excluding carboxylic acids is 2. The lowest BCUT2D eigenvalue weighted by Crippen LogP contribution is -2.46. The molecular weight excluding hydrogens is 406 g/mol. The Labute approximate surface area is 184 Å². The van der Waals surface area contributed by atoms with Gasteiger partial charge in [0.2, 0.25) is 0 Å². The quantitative estimate of drug-likeness (QED) is 0.420. The van der Waals surface area contributed by atoms with Gasteiger partial charge in [-0.1, -0.05) is 19.1 Å². The van der Waals surface area contributed by atoms with E-state index in [1.807, 2.05) is 24.3 Å². The van der Waals surface area contributed by atoms with Crippen molar-refractivity contribution in [2.45, 2.75) is 25.8 Å². The number of carbonyl (C=O) groups is 2. The van der Waals surface area contributed by atoms with Gasteiger partial charge in [-0.05, 0) is 42.5 Å². The first-order chi connectivity index (χ1) is 15.5. The molecule has 2 atom stereocenters. The number of nitrogens with zero attached hydrogens (tertiary/aromatic N) is 4. The summed E-state index contributed by atoms with van der Waals surface area (Å²) in [5, 5.41) is 11.0. The van der Waals surface area contributed by atoms with Crippen molar-refractivity contribution in [1.29, 1.82) is 0 Å². The maximum atomic E-state index is 13.3. The van der Waals surface area contributed by atoms with E-state index in [9.17, 15) is 9.59 Å². The number of aromatic amines is 1. The molecular formula is C23H23N7O2. The summed E-state index contributed by atoms with van der Waals surface area (Å²) in [6.07, 6.45) is 6.49. The fraction of sp³-hybridized carbons (Fsp3) is 0.261. The van der Waals surface area contributed by atoms with Crippen LogP contribution in [0.4, 0.5) is 11.5 Å². The highest BCUT2D eigenvalue weighted by atomic mass is 16.2. The van der Waals surface area contributed by atoms with Gasteiger partial charge in [-0.2, -0.15) is 5.10 Å². The van der Waals surface area contributed by atoms with Crippen molar-refractivity contribution >= 4 is 45.1 Å². The summed E-state index contributed by atoms with van der Waals surface area (Å²) >= 11 is 0. The third-order valence-electron chi connectivity index (χ3n) is 6.05. The van der Waals surface area contributed by atoms with Crippen molar-refractivity contribution in [2.24, 2.45) is 5.92 Å². The van der Waals surface area contributed by atoms with Crippen molar-refractivity contribution in [2.75, 3.05) is 17.6 Å². The molecule has 3 aromatic heterocycles. The summed E-state index contributed by atoms with van der Waals surface area (Å²) in [4.78, 5) is 36.3. The zero-order valence-corrected chi connectivity index (χ0v) is 17.6. The minimum atomic E-state index is -0.714. The van der Waals surface area contributed by atoms with E-state index in [0.29, 0.717) is 34.9 Å². The number of nitrogens with one attached hydrogen (secondary N) is 2. The predicted molar refractivity (Wildman–Crippen MR) is 122 cm³/mol. The van der Waals surface area contributed by atoms with Crippen LogP contribution in [0.2, 0.25) is 0 Å². The van der Waals surface area contributed by atoms with Gasteiger partial charge in [0, 0.05) is 18.1 Å². The van der Waals surface area contributed by atoms with Crippen molar-refractivity contribution in [3.05, 3.63) is 54.5 Å². The van der Waals surface area contributed by atoms with Crippen LogP contribution in [0, 0.1) is 5.92 Å². The van der Waals surface area contributed by atoms with Gasteiger partial charge in [-0.3, -0.25) is 19.7 Å². The van der Waals surface area contributed by atoms with Crippen LogP contribution in [-0.2, 0) is 9.59 Å². The summed E-state index contributed by atoms with van der Waals surface area (Å²) in [5.74, 6) is -0.678. The zero-order chi connectivity index (χ0) is 22.2. The normalized spacial score (nSPS) is 18.7. The van der Waals surface area contributed by atoms with Gasteiger partial charge < -0.3 is 16.0 Å². The smallest absolute Gasteiger partial charge is 0.314 e. The Kier molecular flexibility index (Phi) is 4.93. The van der Waals surface area contributed by atoms with Crippen molar-refractivity contribution < 1.29 is 9.59 Å². The number of pyridine rings is 2. The lowest BCUT2D eigenvalue weighted by molar-refractivity contribution is -0.146. The van der Waals surface area contributed by atoms with Crippen LogP contribution in [0.1, 0.15) is 31.4 Å². The standard InChI is InChI=1S/C23H23N7O2/c1-13-4-7-19(15-5-6-17-14(9-15)3-2-8-25-17)30(12-13)23(32)22(31)28-18-11-26-21(24)16-10-27-29-20(16)18/h2-3,5-6,8-11,13,19H,4,7,12H2,1H3,(H2,24,26)(H,27,29)(H,28,31)/t13-,19+/m0/s1. The Bertz CT molecular complexity index is 1330. The topological polar surface area (TPSA) is 130 Å². The van der Waals surface area contributed by atoms with Gasteiger partial charge in [-0.25, -0.2) is 4.98 Å². The van der Waals surface area contributed by atoms with Crippen LogP contribution in [0.25, 0.3) is 21.8 Å². The van der Waals surface area contributed by atoms with Crippen LogP contribution >= 0.6 is 0 Å². The zero-order valence-electron chi connectivity index (χ0n) is 17.6. The second-order valence-electron chi connectivity index (χ2n) is 8.28. The number of H-pyrrole nitrogens is 1. The molecule has 162 valence electrons. The largest absolute Gasteiger partial charge is 0.383 e. The Morgan fingerprint density at radius 2 is 2.06 bits per heavy atom. The predicted octanol–water partition coefficient (Wildman–Crippen LogP) is 3.03. The maximum absolute atomic E-state index is 13.3. The first kappa shape index (κ1) is 19.9. The van der Waals surface area contributed by atoms with Crippen molar-refractivity contribution in [3.63, 3.8) is 0 Å². The maximum Gasteiger partial charge on any atom is 0.314 e. The minimum absolute atomic E-state index is 0.175. The Balaban J connectivity index is 1.43. The number of anilines is 2. The first-order valence-corrected chi connectivity index (χ1v) is 10.6. The van der Waals surface area contributed by atoms with Crippen LogP contribution in [-0.4, -0.2) is 43.4 Å². The Morgan fingerprint density at radius 3 is 2.94 bits per heavy atom. The molecule has 0 bridgehead atoms. The van der Waals surface area contributed by atoms with Gasteiger partial charge in [0.25, 0.3) is 0 Å². The third-order valence-corrected chi connectivity index (χ3v) is 6.05. The van der Waals surface area contributed by atoms with E-state index in [2.05, 4.69) is 38.5 Å². The average Bonchev–Trinajstić information content (AvgIpc) is 3.31. The Morgan fingerprint density at radius 1 is 1.19 bits per heavy atom. The second-order valence-corrected chi connectivity index (χ2v) is 8.28. The Hall–Kier alpha value is -4.01. The van der Waals surface area contributed by atoms with E-state index in [4.69, 9.17) is 5.73 Å². The molecule has 9 nitrogen and oxygen atoms in total. The number of hydrogen-bond donors (Lipinski definition) is 3. The fourth-order valence-electron chi connectivity index (χ4n) is 4.38. The molecule has 1 fully saturated rings. The molecule has 4 heterocycles. The SMILES string of the molecule is C[C@H]1CC[C@H](c2ccc3ncccc3c2)N(C(=O)C(=O)Nc2cnc(N)c3cn[nH]c23)C1. The number of piperidine rings is 1. The first-order valence-electron chi connectivity index (χ1n) is 10.6. The average molecular weight is 429 g/mol. The molecule has 1 aromatic carbocycles. The van der Waals surface area contributed by atoms with E-state index in [1.54, 1.807) is 11.1 Å². The molecule has 9 heteroatoms. The molecule has 1 saturated heterocycles. The number of likely N-dealkylation sites (tertiary alicyclic amines) is 1. The number of hydrogen-bond acceptors (Lipinski definition) is 6. The second kappa shape index (κ2) is 7.92. The molecule has 0 unspecified atom stereocenters. The number of benzene rings is 1. The van der Waals surface area contributed by atoms with Crippen LogP contribution in [0.15, 0.2) is 48.9 Å². The number of amides is 2. The molecule has 4 aromatic rings. The van der Waals surface area contributed by atoms with E-state index < -0.39 is 11.8 Å². The van der Waals surface area contributed by atoms with Gasteiger partial charge in [-0.15, -0.1) is 0 Å². The third kappa shape index (κ3) is 3.51. The van der Waals surface area contributed by atoms with E-state index in [-0.39, 0.29) is 6.04 Å². The van der Waals surface area contributed by atoms with Gasteiger partial charge in [0.05, 0.1) is 40.5 Å². The summed E-state index contributed by atoms with van der Waals surface area (Å²) in [6.45, 7) is 2.61. The van der Waals surface area contributed by atoms with Gasteiger partial charge in [0.1, 0.15) is 5.82 Å². The number of aromatic nitrogens is 4. The summed E-state index contributed by atoms with van der Waals surface area (Å²) in [5.41, 5.74) is 8.65. The highest BCUT2D eigenvalue weighted by Gasteiger charge is 2.34. The number of nitrogen functional groups attached to an aromatic ring is 1. The van der Waals surface area contributed by atoms with Crippen LogP contribution in [0.5, 0.6) is 0 Å². The number of fused-ring (bicyclic) bond motifs is 2. The molecule has 0 saturated carbocycles. The van der Waals surface area contributed by atoms with E-state index in [1.165, 1.54) is 12.4 Å². The lowest BCUT2D eigenvalue weighted by atomic mass is 9.89. The van der Waals surface area contributed by atoms with E-state index >= 15 is 0 Å². The molecule has 2 amide bonds. The highest BCUT2D eigenvalue weighted by Crippen LogP contribution is 2.35. The monoisotopic (exact) mass is 429 g/mol. The molecule has 1 aliphatic heterocycles. The molecule has 0 aliphatic carbocycles. The van der Waals surface area contributed by atoms with Crippen LogP contribution < -0.4 is 11.1 Å². The highest BCUT2D eigenvalue weighted by molar-refractivity contribution is 6.40. The van der Waals surface area contributed by atoms with E-state index in [0.717, 1.165) is 29.3 Å². The molecule has 4 N–H and O–H groups in total. The molecule has 32 heavy (non-hydrogen) atoms. The number of rotatable bonds is 2. The minimum Gasteiger partial charge on any atom is -0.383 e. The molecule has 0 spiro atoms. The molecule has 5 rings (SSSR count).